The Labute approximate surface area is 100 Å². The van der Waals surface area contributed by atoms with E-state index in [-0.39, 0.29) is 5.60 Å². The Bertz CT molecular complexity index is 205. The maximum atomic E-state index is 6.11. The smallest absolute Gasteiger partial charge is 0.0809 e. The molecule has 2 nitrogen and oxygen atoms in total. The van der Waals surface area contributed by atoms with E-state index >= 15 is 0 Å². The van der Waals surface area contributed by atoms with Crippen LogP contribution in [0.5, 0.6) is 0 Å². The summed E-state index contributed by atoms with van der Waals surface area (Å²) in [4.78, 5) is 0. The van der Waals surface area contributed by atoms with Crippen molar-refractivity contribution in [2.75, 3.05) is 13.7 Å². The quantitative estimate of drug-likeness (QED) is 0.797. The van der Waals surface area contributed by atoms with Crippen molar-refractivity contribution in [3.63, 3.8) is 0 Å². The molecule has 94 valence electrons. The molecule has 0 aromatic heterocycles. The van der Waals surface area contributed by atoms with E-state index in [1.165, 1.54) is 51.4 Å². The molecule has 0 aromatic rings. The summed E-state index contributed by atoms with van der Waals surface area (Å²) in [5, 5.41) is 3.56. The van der Waals surface area contributed by atoms with Crippen LogP contribution < -0.4 is 5.32 Å². The summed E-state index contributed by atoms with van der Waals surface area (Å²) in [6.07, 6.45) is 10.9. The highest BCUT2D eigenvalue weighted by atomic mass is 16.5. The Balaban J connectivity index is 2.01. The lowest BCUT2D eigenvalue weighted by atomic mass is 9.75. The molecule has 2 fully saturated rings. The second kappa shape index (κ2) is 5.50. The molecule has 0 amide bonds. The number of hydrogen-bond donors (Lipinski definition) is 1. The Hall–Kier alpha value is -0.0800. The SMILES string of the molecule is CNC(C1CCCCC1)C1(C)CCCCO1. The summed E-state index contributed by atoms with van der Waals surface area (Å²) in [7, 11) is 2.11. The fraction of sp³-hybridized carbons (Fsp3) is 1.00. The third-order valence-electron chi connectivity index (χ3n) is 4.59. The average Bonchev–Trinajstić information content (AvgIpc) is 2.32. The number of likely N-dealkylation sites (N-methyl/N-ethyl adjacent to an activating group) is 1. The summed E-state index contributed by atoms with van der Waals surface area (Å²) in [5.41, 5.74) is 0.0923. The molecule has 1 saturated carbocycles. The molecule has 1 N–H and O–H groups in total. The van der Waals surface area contributed by atoms with Gasteiger partial charge in [0.1, 0.15) is 0 Å². The van der Waals surface area contributed by atoms with Crippen LogP contribution in [-0.4, -0.2) is 25.3 Å². The molecule has 2 rings (SSSR count). The van der Waals surface area contributed by atoms with E-state index in [1.807, 2.05) is 0 Å². The van der Waals surface area contributed by atoms with Crippen molar-refractivity contribution in [3.8, 4) is 0 Å². The molecular formula is C14H27NO. The van der Waals surface area contributed by atoms with Gasteiger partial charge in [0.2, 0.25) is 0 Å². The molecule has 1 aliphatic carbocycles. The first-order valence-corrected chi connectivity index (χ1v) is 7.07. The number of ether oxygens (including phenoxy) is 1. The van der Waals surface area contributed by atoms with E-state index in [4.69, 9.17) is 4.74 Å². The van der Waals surface area contributed by atoms with Crippen LogP contribution in [0.2, 0.25) is 0 Å². The molecule has 1 saturated heterocycles. The minimum absolute atomic E-state index is 0.0923. The van der Waals surface area contributed by atoms with Gasteiger partial charge in [0.05, 0.1) is 5.60 Å². The lowest BCUT2D eigenvalue weighted by molar-refractivity contribution is -0.102. The summed E-state index contributed by atoms with van der Waals surface area (Å²) in [5.74, 6) is 0.835. The van der Waals surface area contributed by atoms with Gasteiger partial charge in [0, 0.05) is 12.6 Å². The highest BCUT2D eigenvalue weighted by molar-refractivity contribution is 4.95. The van der Waals surface area contributed by atoms with Crippen molar-refractivity contribution in [3.05, 3.63) is 0 Å². The van der Waals surface area contributed by atoms with Gasteiger partial charge in [-0.05, 0) is 52.0 Å². The van der Waals surface area contributed by atoms with Crippen molar-refractivity contribution in [1.29, 1.82) is 0 Å². The van der Waals surface area contributed by atoms with Gasteiger partial charge in [-0.15, -0.1) is 0 Å². The van der Waals surface area contributed by atoms with Crippen LogP contribution in [0.4, 0.5) is 0 Å². The maximum absolute atomic E-state index is 6.11. The monoisotopic (exact) mass is 225 g/mol. The molecule has 1 heterocycles. The van der Waals surface area contributed by atoms with Crippen LogP contribution >= 0.6 is 0 Å². The van der Waals surface area contributed by atoms with Gasteiger partial charge in [0.25, 0.3) is 0 Å². The Kier molecular flexibility index (Phi) is 4.26. The molecule has 2 heteroatoms. The van der Waals surface area contributed by atoms with Crippen molar-refractivity contribution in [2.24, 2.45) is 5.92 Å². The summed E-state index contributed by atoms with van der Waals surface area (Å²) in [6.45, 7) is 3.28. The Morgan fingerprint density at radius 2 is 1.88 bits per heavy atom. The average molecular weight is 225 g/mol. The minimum Gasteiger partial charge on any atom is -0.374 e. The highest BCUT2D eigenvalue weighted by Crippen LogP contribution is 2.36. The van der Waals surface area contributed by atoms with Gasteiger partial charge in [-0.1, -0.05) is 19.3 Å². The lowest BCUT2D eigenvalue weighted by Gasteiger charge is -2.45. The maximum Gasteiger partial charge on any atom is 0.0809 e. The molecule has 0 radical (unpaired) electrons. The summed E-state index contributed by atoms with van der Waals surface area (Å²) in [6, 6.07) is 0.563. The Morgan fingerprint density at radius 1 is 1.12 bits per heavy atom. The molecule has 0 aromatic carbocycles. The van der Waals surface area contributed by atoms with Crippen molar-refractivity contribution < 1.29 is 4.74 Å². The van der Waals surface area contributed by atoms with Gasteiger partial charge in [-0.3, -0.25) is 0 Å². The second-order valence-electron chi connectivity index (χ2n) is 5.78. The van der Waals surface area contributed by atoms with E-state index in [9.17, 15) is 0 Å². The molecule has 0 spiro atoms. The first-order valence-electron chi connectivity index (χ1n) is 7.07. The van der Waals surface area contributed by atoms with Crippen LogP contribution in [0.15, 0.2) is 0 Å². The topological polar surface area (TPSA) is 21.3 Å². The third-order valence-corrected chi connectivity index (χ3v) is 4.59. The van der Waals surface area contributed by atoms with Crippen molar-refractivity contribution in [2.45, 2.75) is 69.9 Å². The third kappa shape index (κ3) is 2.60. The molecule has 0 bridgehead atoms. The summed E-state index contributed by atoms with van der Waals surface area (Å²) >= 11 is 0. The number of rotatable bonds is 3. The molecule has 1 aliphatic heterocycles. The molecule has 16 heavy (non-hydrogen) atoms. The first-order chi connectivity index (χ1) is 7.76. The number of hydrogen-bond acceptors (Lipinski definition) is 2. The van der Waals surface area contributed by atoms with E-state index in [1.54, 1.807) is 0 Å². The minimum atomic E-state index is 0.0923. The first kappa shape index (κ1) is 12.4. The predicted molar refractivity (Wildman–Crippen MR) is 67.6 cm³/mol. The van der Waals surface area contributed by atoms with Gasteiger partial charge in [-0.2, -0.15) is 0 Å². The van der Waals surface area contributed by atoms with Gasteiger partial charge < -0.3 is 10.1 Å². The second-order valence-corrected chi connectivity index (χ2v) is 5.78. The fourth-order valence-electron chi connectivity index (χ4n) is 3.71. The van der Waals surface area contributed by atoms with E-state index in [0.29, 0.717) is 6.04 Å². The zero-order valence-electron chi connectivity index (χ0n) is 10.9. The Morgan fingerprint density at radius 3 is 2.44 bits per heavy atom. The van der Waals surface area contributed by atoms with Crippen LogP contribution in [0.1, 0.15) is 58.3 Å². The largest absolute Gasteiger partial charge is 0.374 e. The zero-order valence-corrected chi connectivity index (χ0v) is 10.9. The van der Waals surface area contributed by atoms with E-state index in [2.05, 4.69) is 19.3 Å². The fourth-order valence-corrected chi connectivity index (χ4v) is 3.71. The van der Waals surface area contributed by atoms with Crippen molar-refractivity contribution in [1.82, 2.24) is 5.32 Å². The van der Waals surface area contributed by atoms with E-state index < -0.39 is 0 Å². The molecule has 2 unspecified atom stereocenters. The zero-order chi connectivity index (χ0) is 11.4. The van der Waals surface area contributed by atoms with Crippen LogP contribution in [0, 0.1) is 5.92 Å². The molecular weight excluding hydrogens is 198 g/mol. The molecule has 2 atom stereocenters. The van der Waals surface area contributed by atoms with Crippen LogP contribution in [0.3, 0.4) is 0 Å². The lowest BCUT2D eigenvalue weighted by Crippen LogP contribution is -2.55. The van der Waals surface area contributed by atoms with Crippen LogP contribution in [0.25, 0.3) is 0 Å². The molecule has 2 aliphatic rings. The van der Waals surface area contributed by atoms with E-state index in [0.717, 1.165) is 12.5 Å². The summed E-state index contributed by atoms with van der Waals surface area (Å²) < 4.78 is 6.11. The van der Waals surface area contributed by atoms with Gasteiger partial charge in [0.15, 0.2) is 0 Å². The van der Waals surface area contributed by atoms with Gasteiger partial charge >= 0.3 is 0 Å². The predicted octanol–water partition coefficient (Wildman–Crippen LogP) is 3.11. The number of nitrogens with one attached hydrogen (secondary N) is 1. The van der Waals surface area contributed by atoms with Crippen molar-refractivity contribution >= 4 is 0 Å². The standard InChI is InChI=1S/C14H27NO/c1-14(10-6-7-11-16-14)13(15-2)12-8-4-3-5-9-12/h12-13,15H,3-11H2,1-2H3. The highest BCUT2D eigenvalue weighted by Gasteiger charge is 2.40. The van der Waals surface area contributed by atoms with Gasteiger partial charge in [-0.25, -0.2) is 0 Å². The van der Waals surface area contributed by atoms with Crippen LogP contribution in [-0.2, 0) is 4.74 Å². The normalized spacial score (nSPS) is 34.9.